The second-order valence-corrected chi connectivity index (χ2v) is 5.78. The summed E-state index contributed by atoms with van der Waals surface area (Å²) in [6.45, 7) is 3.99. The quantitative estimate of drug-likeness (QED) is 0.827. The van der Waals surface area contributed by atoms with Gasteiger partial charge in [0.1, 0.15) is 5.54 Å². The summed E-state index contributed by atoms with van der Waals surface area (Å²) in [5.74, 6) is -0.0695. The average molecular weight is 287 g/mol. The second kappa shape index (κ2) is 5.48. The topological polar surface area (TPSA) is 61.4 Å². The van der Waals surface area contributed by atoms with E-state index in [1.807, 2.05) is 24.3 Å². The van der Waals surface area contributed by atoms with Crippen molar-refractivity contribution in [3.05, 3.63) is 35.4 Å². The van der Waals surface area contributed by atoms with E-state index in [2.05, 4.69) is 17.6 Å². The Hall–Kier alpha value is -1.88. The van der Waals surface area contributed by atoms with Crippen molar-refractivity contribution in [3.8, 4) is 0 Å². The van der Waals surface area contributed by atoms with Crippen molar-refractivity contribution in [2.75, 3.05) is 13.1 Å². The Labute approximate surface area is 124 Å². The van der Waals surface area contributed by atoms with E-state index in [1.165, 1.54) is 10.5 Å². The Kier molecular flexibility index (Phi) is 3.68. The van der Waals surface area contributed by atoms with Crippen LogP contribution in [0.3, 0.4) is 0 Å². The number of hydrogen-bond acceptors (Lipinski definition) is 3. The van der Waals surface area contributed by atoms with E-state index in [1.54, 1.807) is 0 Å². The summed E-state index contributed by atoms with van der Waals surface area (Å²) in [5.41, 5.74) is 1.56. The van der Waals surface area contributed by atoms with Gasteiger partial charge in [-0.2, -0.15) is 0 Å². The lowest BCUT2D eigenvalue weighted by atomic mass is 9.88. The first-order valence-corrected chi connectivity index (χ1v) is 7.58. The minimum atomic E-state index is -0.677. The number of imide groups is 1. The molecule has 2 aliphatic rings. The van der Waals surface area contributed by atoms with Crippen LogP contribution in [0.25, 0.3) is 0 Å². The number of benzene rings is 1. The lowest BCUT2D eigenvalue weighted by molar-refractivity contribution is -0.132. The zero-order valence-corrected chi connectivity index (χ0v) is 12.3. The third-order valence-electron chi connectivity index (χ3n) is 4.53. The van der Waals surface area contributed by atoms with Gasteiger partial charge in [-0.25, -0.2) is 4.79 Å². The highest BCUT2D eigenvalue weighted by Gasteiger charge is 2.51. The number of piperidine rings is 1. The number of amides is 3. The molecule has 2 saturated heterocycles. The van der Waals surface area contributed by atoms with Crippen LogP contribution in [0, 0.1) is 0 Å². The Morgan fingerprint density at radius 3 is 2.48 bits per heavy atom. The Morgan fingerprint density at radius 2 is 1.81 bits per heavy atom. The highest BCUT2D eigenvalue weighted by molar-refractivity contribution is 6.07. The predicted octanol–water partition coefficient (Wildman–Crippen LogP) is 1.42. The van der Waals surface area contributed by atoms with Crippen LogP contribution in [0.15, 0.2) is 24.3 Å². The Bertz CT molecular complexity index is 564. The van der Waals surface area contributed by atoms with Gasteiger partial charge in [0, 0.05) is 0 Å². The lowest BCUT2D eigenvalue weighted by Crippen LogP contribution is -2.53. The van der Waals surface area contributed by atoms with E-state index in [0.29, 0.717) is 19.4 Å². The fourth-order valence-electron chi connectivity index (χ4n) is 3.24. The molecule has 2 fully saturated rings. The van der Waals surface area contributed by atoms with Crippen molar-refractivity contribution < 1.29 is 9.59 Å². The number of carbonyl (C=O) groups excluding carboxylic acids is 2. The van der Waals surface area contributed by atoms with Gasteiger partial charge in [-0.05, 0) is 43.5 Å². The maximum absolute atomic E-state index is 12.7. The number of urea groups is 1. The van der Waals surface area contributed by atoms with Gasteiger partial charge in [-0.3, -0.25) is 9.69 Å². The van der Waals surface area contributed by atoms with Gasteiger partial charge in [0.25, 0.3) is 5.91 Å². The van der Waals surface area contributed by atoms with Crippen molar-refractivity contribution in [1.29, 1.82) is 0 Å². The smallest absolute Gasteiger partial charge is 0.323 e. The van der Waals surface area contributed by atoms with Gasteiger partial charge in [-0.15, -0.1) is 0 Å². The third kappa shape index (κ3) is 2.42. The monoisotopic (exact) mass is 287 g/mol. The van der Waals surface area contributed by atoms with Crippen molar-refractivity contribution in [1.82, 2.24) is 15.5 Å². The second-order valence-electron chi connectivity index (χ2n) is 5.78. The molecule has 0 atom stereocenters. The summed E-state index contributed by atoms with van der Waals surface area (Å²) in [6, 6.07) is 7.73. The maximum atomic E-state index is 12.7. The molecule has 0 bridgehead atoms. The molecular weight excluding hydrogens is 266 g/mol. The summed E-state index contributed by atoms with van der Waals surface area (Å²) in [7, 11) is 0. The fourth-order valence-corrected chi connectivity index (χ4v) is 3.24. The predicted molar refractivity (Wildman–Crippen MR) is 79.7 cm³/mol. The molecule has 1 aromatic rings. The number of carbonyl (C=O) groups is 2. The van der Waals surface area contributed by atoms with E-state index in [0.717, 1.165) is 25.1 Å². The van der Waals surface area contributed by atoms with Crippen LogP contribution in [0.2, 0.25) is 0 Å². The first-order valence-electron chi connectivity index (χ1n) is 7.58. The summed E-state index contributed by atoms with van der Waals surface area (Å²) >= 11 is 0. The number of aryl methyl sites for hydroxylation is 1. The summed E-state index contributed by atoms with van der Waals surface area (Å²) in [6.07, 6.45) is 2.24. The van der Waals surface area contributed by atoms with Crippen molar-refractivity contribution in [2.45, 2.75) is 38.3 Å². The van der Waals surface area contributed by atoms with Crippen LogP contribution < -0.4 is 10.6 Å². The Morgan fingerprint density at radius 1 is 1.14 bits per heavy atom. The van der Waals surface area contributed by atoms with Crippen LogP contribution in [-0.2, 0) is 17.8 Å². The van der Waals surface area contributed by atoms with E-state index < -0.39 is 5.54 Å². The number of hydrogen-bond donors (Lipinski definition) is 2. The largest absolute Gasteiger partial charge is 0.325 e. The molecule has 0 aliphatic carbocycles. The normalized spacial score (nSPS) is 20.9. The first kappa shape index (κ1) is 14.1. The molecule has 0 aromatic heterocycles. The van der Waals surface area contributed by atoms with Gasteiger partial charge in [0.15, 0.2) is 0 Å². The highest BCUT2D eigenvalue weighted by Crippen LogP contribution is 2.28. The maximum Gasteiger partial charge on any atom is 0.325 e. The number of nitrogens with one attached hydrogen (secondary N) is 2. The summed E-state index contributed by atoms with van der Waals surface area (Å²) in [5, 5.41) is 6.16. The summed E-state index contributed by atoms with van der Waals surface area (Å²) in [4.78, 5) is 26.3. The SMILES string of the molecule is CCc1ccccc1CN1C(=O)NC2(CCNCC2)C1=O. The first-order chi connectivity index (χ1) is 10.2. The molecular formula is C16H21N3O2. The minimum Gasteiger partial charge on any atom is -0.323 e. The molecule has 5 heteroatoms. The third-order valence-corrected chi connectivity index (χ3v) is 4.53. The number of nitrogens with zero attached hydrogens (tertiary/aromatic N) is 1. The minimum absolute atomic E-state index is 0.0695. The molecule has 2 heterocycles. The molecule has 112 valence electrons. The molecule has 0 saturated carbocycles. The van der Waals surface area contributed by atoms with Crippen LogP contribution >= 0.6 is 0 Å². The van der Waals surface area contributed by atoms with Crippen molar-refractivity contribution in [3.63, 3.8) is 0 Å². The molecule has 0 unspecified atom stereocenters. The van der Waals surface area contributed by atoms with Crippen molar-refractivity contribution in [2.24, 2.45) is 0 Å². The molecule has 21 heavy (non-hydrogen) atoms. The average Bonchev–Trinajstić information content (AvgIpc) is 2.73. The van der Waals surface area contributed by atoms with E-state index in [4.69, 9.17) is 0 Å². The molecule has 2 aliphatic heterocycles. The molecule has 1 spiro atoms. The van der Waals surface area contributed by atoms with Crippen LogP contribution in [0.1, 0.15) is 30.9 Å². The zero-order valence-electron chi connectivity index (χ0n) is 12.3. The molecule has 3 amide bonds. The van der Waals surface area contributed by atoms with Gasteiger partial charge in [0.05, 0.1) is 6.54 Å². The van der Waals surface area contributed by atoms with Crippen molar-refractivity contribution >= 4 is 11.9 Å². The van der Waals surface area contributed by atoms with Crippen LogP contribution in [0.4, 0.5) is 4.79 Å². The standard InChI is InChI=1S/C16H21N3O2/c1-2-12-5-3-4-6-13(12)11-19-14(20)16(18-15(19)21)7-9-17-10-8-16/h3-6,17H,2,7-11H2,1H3,(H,18,21). The van der Waals surface area contributed by atoms with E-state index in [9.17, 15) is 9.59 Å². The fraction of sp³-hybridized carbons (Fsp3) is 0.500. The Balaban J connectivity index is 1.82. The van der Waals surface area contributed by atoms with Gasteiger partial charge < -0.3 is 10.6 Å². The van der Waals surface area contributed by atoms with Gasteiger partial charge in [0.2, 0.25) is 0 Å². The lowest BCUT2D eigenvalue weighted by Gasteiger charge is -2.31. The van der Waals surface area contributed by atoms with E-state index >= 15 is 0 Å². The molecule has 3 rings (SSSR count). The molecule has 1 aromatic carbocycles. The van der Waals surface area contributed by atoms with Crippen LogP contribution in [-0.4, -0.2) is 35.5 Å². The van der Waals surface area contributed by atoms with Gasteiger partial charge in [-0.1, -0.05) is 31.2 Å². The molecule has 5 nitrogen and oxygen atoms in total. The highest BCUT2D eigenvalue weighted by atomic mass is 16.2. The van der Waals surface area contributed by atoms with Gasteiger partial charge >= 0.3 is 6.03 Å². The van der Waals surface area contributed by atoms with Crippen LogP contribution in [0.5, 0.6) is 0 Å². The molecule has 0 radical (unpaired) electrons. The number of rotatable bonds is 3. The molecule has 2 N–H and O–H groups in total. The zero-order chi connectivity index (χ0) is 14.9. The summed E-state index contributed by atoms with van der Waals surface area (Å²) < 4.78 is 0. The van der Waals surface area contributed by atoms with E-state index in [-0.39, 0.29) is 11.9 Å².